The van der Waals surface area contributed by atoms with E-state index in [2.05, 4.69) is 31.2 Å². The molecule has 90 valence electrons. The molecule has 0 aromatic heterocycles. The van der Waals surface area contributed by atoms with Crippen LogP contribution in [0.25, 0.3) is 11.1 Å². The summed E-state index contributed by atoms with van der Waals surface area (Å²) in [6.45, 7) is 6.06. The van der Waals surface area contributed by atoms with E-state index < -0.39 is 0 Å². The molecule has 0 radical (unpaired) electrons. The monoisotopic (exact) mass is 266 g/mol. The van der Waals surface area contributed by atoms with Crippen molar-refractivity contribution < 1.29 is 0 Å². The summed E-state index contributed by atoms with van der Waals surface area (Å²) in [5.41, 5.74) is 3.42. The van der Waals surface area contributed by atoms with Gasteiger partial charge in [-0.15, -0.1) is 0 Å². The fourth-order valence-electron chi connectivity index (χ4n) is 1.47. The van der Waals surface area contributed by atoms with Crippen LogP contribution in [-0.2, 0) is 0 Å². The minimum atomic E-state index is 0.665. The summed E-state index contributed by atoms with van der Waals surface area (Å²) >= 11 is 11.9. The summed E-state index contributed by atoms with van der Waals surface area (Å²) in [5, 5.41) is 1.33. The van der Waals surface area contributed by atoms with Crippen LogP contribution >= 0.6 is 23.2 Å². The van der Waals surface area contributed by atoms with Crippen LogP contribution in [0.5, 0.6) is 0 Å². The van der Waals surface area contributed by atoms with E-state index in [0.29, 0.717) is 10.0 Å². The molecule has 0 nitrogen and oxygen atoms in total. The number of rotatable bonds is 1. The van der Waals surface area contributed by atoms with Crippen LogP contribution in [0, 0.1) is 6.92 Å². The fourth-order valence-corrected chi connectivity index (χ4v) is 1.99. The number of benzene rings is 2. The molecule has 0 spiro atoms. The molecule has 0 unspecified atom stereocenters. The van der Waals surface area contributed by atoms with E-state index >= 15 is 0 Å². The quantitative estimate of drug-likeness (QED) is 0.594. The molecule has 0 aliphatic heterocycles. The van der Waals surface area contributed by atoms with Gasteiger partial charge in [-0.25, -0.2) is 0 Å². The molecule has 0 heterocycles. The van der Waals surface area contributed by atoms with Crippen LogP contribution in [-0.4, -0.2) is 0 Å². The van der Waals surface area contributed by atoms with Crippen LogP contribution in [0.3, 0.4) is 0 Å². The standard InChI is InChI=1S/C13H10Cl2.C2H6/c1-9-2-4-10(5-3-9)11-6-12(14)8-13(15)7-11;1-2/h2-8H,1H3;1-2H3. The third kappa shape index (κ3) is 4.07. The van der Waals surface area contributed by atoms with Gasteiger partial charge < -0.3 is 0 Å². The zero-order valence-electron chi connectivity index (χ0n) is 10.3. The third-order valence-corrected chi connectivity index (χ3v) is 2.68. The second-order valence-corrected chi connectivity index (χ2v) is 4.40. The highest BCUT2D eigenvalue weighted by molar-refractivity contribution is 6.35. The van der Waals surface area contributed by atoms with Crippen molar-refractivity contribution in [2.75, 3.05) is 0 Å². The first kappa shape index (κ1) is 14.1. The molecule has 0 aliphatic rings. The van der Waals surface area contributed by atoms with Gasteiger partial charge in [0.05, 0.1) is 0 Å². The van der Waals surface area contributed by atoms with Crippen LogP contribution in [0.4, 0.5) is 0 Å². The molecule has 17 heavy (non-hydrogen) atoms. The first-order valence-corrected chi connectivity index (χ1v) is 6.44. The molecule has 2 aromatic carbocycles. The number of halogens is 2. The van der Waals surface area contributed by atoms with Crippen molar-refractivity contribution in [1.82, 2.24) is 0 Å². The minimum absolute atomic E-state index is 0.665. The maximum Gasteiger partial charge on any atom is 0.0426 e. The molecule has 2 heteroatoms. The molecular formula is C15H16Cl2. The maximum atomic E-state index is 5.95. The van der Waals surface area contributed by atoms with Gasteiger partial charge in [-0.1, -0.05) is 66.9 Å². The first-order valence-electron chi connectivity index (χ1n) is 5.68. The Morgan fingerprint density at radius 3 is 1.65 bits per heavy atom. The predicted octanol–water partition coefficient (Wildman–Crippen LogP) is 6.00. The number of hydrogen-bond acceptors (Lipinski definition) is 0. The third-order valence-electron chi connectivity index (χ3n) is 2.25. The smallest absolute Gasteiger partial charge is 0.0426 e. The summed E-state index contributed by atoms with van der Waals surface area (Å²) in [6.07, 6.45) is 0. The topological polar surface area (TPSA) is 0 Å². The van der Waals surface area contributed by atoms with Gasteiger partial charge in [-0.2, -0.15) is 0 Å². The molecule has 0 fully saturated rings. The Morgan fingerprint density at radius 2 is 1.18 bits per heavy atom. The highest BCUT2D eigenvalue weighted by atomic mass is 35.5. The van der Waals surface area contributed by atoms with E-state index in [1.807, 2.05) is 26.0 Å². The van der Waals surface area contributed by atoms with Gasteiger partial charge in [0.2, 0.25) is 0 Å². The zero-order chi connectivity index (χ0) is 12.8. The molecule has 2 aromatic rings. The van der Waals surface area contributed by atoms with E-state index in [0.717, 1.165) is 11.1 Å². The van der Waals surface area contributed by atoms with Gasteiger partial charge in [-0.05, 0) is 36.2 Å². The molecule has 0 atom stereocenters. The lowest BCUT2D eigenvalue weighted by Crippen LogP contribution is -1.79. The van der Waals surface area contributed by atoms with Gasteiger partial charge in [-0.3, -0.25) is 0 Å². The highest BCUT2D eigenvalue weighted by Gasteiger charge is 2.00. The van der Waals surface area contributed by atoms with Crippen LogP contribution < -0.4 is 0 Å². The Balaban J connectivity index is 0.000000686. The van der Waals surface area contributed by atoms with E-state index in [-0.39, 0.29) is 0 Å². The Hall–Kier alpha value is -0.980. The first-order chi connectivity index (χ1) is 8.15. The summed E-state index contributed by atoms with van der Waals surface area (Å²) in [7, 11) is 0. The van der Waals surface area contributed by atoms with Crippen molar-refractivity contribution in [3.8, 4) is 11.1 Å². The zero-order valence-corrected chi connectivity index (χ0v) is 11.8. The Kier molecular flexibility index (Phi) is 5.54. The molecule has 0 saturated carbocycles. The second-order valence-electron chi connectivity index (χ2n) is 3.52. The molecule has 0 saturated heterocycles. The van der Waals surface area contributed by atoms with Crippen molar-refractivity contribution in [3.05, 3.63) is 58.1 Å². The average Bonchev–Trinajstić information content (AvgIpc) is 2.31. The van der Waals surface area contributed by atoms with Crippen molar-refractivity contribution in [2.45, 2.75) is 20.8 Å². The molecule has 0 aliphatic carbocycles. The number of hydrogen-bond donors (Lipinski definition) is 0. The summed E-state index contributed by atoms with van der Waals surface area (Å²) in [4.78, 5) is 0. The second kappa shape index (κ2) is 6.68. The lowest BCUT2D eigenvalue weighted by molar-refractivity contribution is 1.47. The van der Waals surface area contributed by atoms with Crippen LogP contribution in [0.15, 0.2) is 42.5 Å². The minimum Gasteiger partial charge on any atom is -0.0843 e. The largest absolute Gasteiger partial charge is 0.0843 e. The molecular weight excluding hydrogens is 251 g/mol. The lowest BCUT2D eigenvalue weighted by Gasteiger charge is -2.03. The fraction of sp³-hybridized carbons (Fsp3) is 0.200. The van der Waals surface area contributed by atoms with E-state index in [1.165, 1.54) is 5.56 Å². The van der Waals surface area contributed by atoms with E-state index in [4.69, 9.17) is 23.2 Å². The normalized spacial score (nSPS) is 9.47. The van der Waals surface area contributed by atoms with Gasteiger partial charge in [0, 0.05) is 10.0 Å². The number of aryl methyl sites for hydroxylation is 1. The Bertz CT molecular complexity index is 453. The van der Waals surface area contributed by atoms with E-state index in [9.17, 15) is 0 Å². The van der Waals surface area contributed by atoms with Gasteiger partial charge >= 0.3 is 0 Å². The summed E-state index contributed by atoms with van der Waals surface area (Å²) in [5.74, 6) is 0. The summed E-state index contributed by atoms with van der Waals surface area (Å²) in [6, 6.07) is 13.8. The van der Waals surface area contributed by atoms with E-state index in [1.54, 1.807) is 6.07 Å². The van der Waals surface area contributed by atoms with Crippen molar-refractivity contribution in [3.63, 3.8) is 0 Å². The Labute approximate surface area is 113 Å². The molecule has 0 bridgehead atoms. The van der Waals surface area contributed by atoms with Crippen molar-refractivity contribution in [1.29, 1.82) is 0 Å². The van der Waals surface area contributed by atoms with Crippen LogP contribution in [0.1, 0.15) is 19.4 Å². The van der Waals surface area contributed by atoms with Crippen molar-refractivity contribution >= 4 is 23.2 Å². The predicted molar refractivity (Wildman–Crippen MR) is 78.0 cm³/mol. The van der Waals surface area contributed by atoms with Crippen molar-refractivity contribution in [2.24, 2.45) is 0 Å². The molecule has 0 amide bonds. The van der Waals surface area contributed by atoms with Gasteiger partial charge in [0.15, 0.2) is 0 Å². The highest BCUT2D eigenvalue weighted by Crippen LogP contribution is 2.27. The Morgan fingerprint density at radius 1 is 0.706 bits per heavy atom. The van der Waals surface area contributed by atoms with Gasteiger partial charge in [0.1, 0.15) is 0 Å². The molecule has 2 rings (SSSR count). The van der Waals surface area contributed by atoms with Gasteiger partial charge in [0.25, 0.3) is 0 Å². The molecule has 0 N–H and O–H groups in total. The lowest BCUT2D eigenvalue weighted by atomic mass is 10.0. The maximum absolute atomic E-state index is 5.95. The average molecular weight is 267 g/mol. The summed E-state index contributed by atoms with van der Waals surface area (Å²) < 4.78 is 0. The van der Waals surface area contributed by atoms with Crippen LogP contribution in [0.2, 0.25) is 10.0 Å². The SMILES string of the molecule is CC.Cc1ccc(-c2cc(Cl)cc(Cl)c2)cc1.